The minimum absolute atomic E-state index is 0.704. The van der Waals surface area contributed by atoms with Gasteiger partial charge in [0, 0.05) is 18.1 Å². The van der Waals surface area contributed by atoms with Crippen LogP contribution in [-0.4, -0.2) is 36.1 Å². The van der Waals surface area contributed by atoms with Crippen LogP contribution in [-0.2, 0) is 0 Å². The van der Waals surface area contributed by atoms with Gasteiger partial charge >= 0.3 is 0 Å². The molecule has 1 N–H and O–H groups in total. The molecule has 0 aromatic heterocycles. The minimum atomic E-state index is 0.704. The van der Waals surface area contributed by atoms with E-state index in [2.05, 4.69) is 31.0 Å². The molecule has 0 bridgehead atoms. The average molecular weight is 238 g/mol. The van der Waals surface area contributed by atoms with Crippen LogP contribution in [0, 0.1) is 5.92 Å². The SMILES string of the molecule is CC(C)CCC(C)NC1CCN2CCCC2C1. The summed E-state index contributed by atoms with van der Waals surface area (Å²) in [5, 5.41) is 3.86. The molecule has 0 saturated carbocycles. The van der Waals surface area contributed by atoms with Gasteiger partial charge in [-0.2, -0.15) is 0 Å². The van der Waals surface area contributed by atoms with Crippen LogP contribution >= 0.6 is 0 Å². The quantitative estimate of drug-likeness (QED) is 0.792. The lowest BCUT2D eigenvalue weighted by atomic mass is 9.96. The van der Waals surface area contributed by atoms with E-state index in [1.165, 1.54) is 51.6 Å². The van der Waals surface area contributed by atoms with Crippen molar-refractivity contribution in [3.05, 3.63) is 0 Å². The van der Waals surface area contributed by atoms with Crippen LogP contribution in [0.3, 0.4) is 0 Å². The van der Waals surface area contributed by atoms with Gasteiger partial charge in [-0.05, 0) is 64.5 Å². The molecule has 0 spiro atoms. The van der Waals surface area contributed by atoms with Crippen molar-refractivity contribution in [1.82, 2.24) is 10.2 Å². The Kier molecular flexibility index (Phi) is 4.87. The summed E-state index contributed by atoms with van der Waals surface area (Å²) in [6.45, 7) is 9.70. The third-order valence-electron chi connectivity index (χ3n) is 4.52. The van der Waals surface area contributed by atoms with E-state index in [-0.39, 0.29) is 0 Å². The molecular formula is C15H30N2. The highest BCUT2D eigenvalue weighted by Gasteiger charge is 2.31. The number of fused-ring (bicyclic) bond motifs is 1. The first-order valence-electron chi connectivity index (χ1n) is 7.65. The van der Waals surface area contributed by atoms with E-state index in [0.29, 0.717) is 6.04 Å². The lowest BCUT2D eigenvalue weighted by molar-refractivity contribution is 0.160. The predicted molar refractivity (Wildman–Crippen MR) is 74.3 cm³/mol. The Morgan fingerprint density at radius 1 is 1.12 bits per heavy atom. The summed E-state index contributed by atoms with van der Waals surface area (Å²) in [6.07, 6.45) is 8.33. The molecule has 2 aliphatic heterocycles. The lowest BCUT2D eigenvalue weighted by Gasteiger charge is -2.36. The summed E-state index contributed by atoms with van der Waals surface area (Å²) < 4.78 is 0. The Morgan fingerprint density at radius 3 is 2.71 bits per heavy atom. The molecule has 0 aromatic carbocycles. The van der Waals surface area contributed by atoms with Crippen LogP contribution in [0.4, 0.5) is 0 Å². The summed E-state index contributed by atoms with van der Waals surface area (Å²) >= 11 is 0. The van der Waals surface area contributed by atoms with Crippen molar-refractivity contribution in [3.8, 4) is 0 Å². The number of nitrogens with zero attached hydrogens (tertiary/aromatic N) is 1. The highest BCUT2D eigenvalue weighted by molar-refractivity contribution is 4.89. The standard InChI is InChI=1S/C15H30N2/c1-12(2)6-7-13(3)16-14-8-10-17-9-4-5-15(17)11-14/h12-16H,4-11H2,1-3H3. The normalized spacial score (nSPS) is 31.8. The van der Waals surface area contributed by atoms with E-state index in [1.807, 2.05) is 0 Å². The van der Waals surface area contributed by atoms with E-state index in [0.717, 1.165) is 18.0 Å². The second-order valence-electron chi connectivity index (χ2n) is 6.59. The number of rotatable bonds is 5. The molecule has 2 aliphatic rings. The fraction of sp³-hybridized carbons (Fsp3) is 1.00. The van der Waals surface area contributed by atoms with Crippen molar-refractivity contribution in [2.75, 3.05) is 13.1 Å². The zero-order valence-corrected chi connectivity index (χ0v) is 11.9. The van der Waals surface area contributed by atoms with Gasteiger partial charge in [-0.15, -0.1) is 0 Å². The van der Waals surface area contributed by atoms with Crippen molar-refractivity contribution in [1.29, 1.82) is 0 Å². The third-order valence-corrected chi connectivity index (χ3v) is 4.52. The summed E-state index contributed by atoms with van der Waals surface area (Å²) in [5.41, 5.74) is 0. The Labute approximate surface area is 107 Å². The molecule has 2 rings (SSSR count). The molecule has 100 valence electrons. The molecule has 17 heavy (non-hydrogen) atoms. The van der Waals surface area contributed by atoms with Gasteiger partial charge in [0.25, 0.3) is 0 Å². The third kappa shape index (κ3) is 3.96. The zero-order valence-electron chi connectivity index (χ0n) is 11.9. The monoisotopic (exact) mass is 238 g/mol. The fourth-order valence-electron chi connectivity index (χ4n) is 3.44. The highest BCUT2D eigenvalue weighted by Crippen LogP contribution is 2.27. The van der Waals surface area contributed by atoms with Gasteiger partial charge in [0.05, 0.1) is 0 Å². The summed E-state index contributed by atoms with van der Waals surface area (Å²) in [6, 6.07) is 2.39. The number of nitrogens with one attached hydrogen (secondary N) is 1. The van der Waals surface area contributed by atoms with Crippen LogP contribution in [0.15, 0.2) is 0 Å². The van der Waals surface area contributed by atoms with E-state index >= 15 is 0 Å². The largest absolute Gasteiger partial charge is 0.311 e. The maximum atomic E-state index is 3.86. The van der Waals surface area contributed by atoms with Crippen molar-refractivity contribution in [2.45, 2.75) is 77.4 Å². The second kappa shape index (κ2) is 6.19. The van der Waals surface area contributed by atoms with E-state index in [1.54, 1.807) is 0 Å². The van der Waals surface area contributed by atoms with Gasteiger partial charge in [0.15, 0.2) is 0 Å². The first-order chi connectivity index (χ1) is 8.15. The summed E-state index contributed by atoms with van der Waals surface area (Å²) in [7, 11) is 0. The lowest BCUT2D eigenvalue weighted by Crippen LogP contribution is -2.48. The summed E-state index contributed by atoms with van der Waals surface area (Å²) in [4.78, 5) is 2.71. The van der Waals surface area contributed by atoms with Gasteiger partial charge in [0.1, 0.15) is 0 Å². The zero-order chi connectivity index (χ0) is 12.3. The molecule has 0 aliphatic carbocycles. The first kappa shape index (κ1) is 13.4. The van der Waals surface area contributed by atoms with E-state index < -0.39 is 0 Å². The molecule has 0 radical (unpaired) electrons. The number of hydrogen-bond donors (Lipinski definition) is 1. The molecule has 3 atom stereocenters. The molecule has 2 heteroatoms. The van der Waals surface area contributed by atoms with Gasteiger partial charge in [0.2, 0.25) is 0 Å². The fourth-order valence-corrected chi connectivity index (χ4v) is 3.44. The van der Waals surface area contributed by atoms with Crippen molar-refractivity contribution >= 4 is 0 Å². The van der Waals surface area contributed by atoms with Gasteiger partial charge in [-0.3, -0.25) is 0 Å². The first-order valence-corrected chi connectivity index (χ1v) is 7.65. The van der Waals surface area contributed by atoms with Crippen molar-refractivity contribution in [3.63, 3.8) is 0 Å². The highest BCUT2D eigenvalue weighted by atomic mass is 15.2. The van der Waals surface area contributed by atoms with Crippen LogP contribution in [0.1, 0.15) is 59.3 Å². The molecule has 0 aromatic rings. The molecule has 2 saturated heterocycles. The number of piperidine rings is 1. The van der Waals surface area contributed by atoms with Gasteiger partial charge in [-0.25, -0.2) is 0 Å². The molecule has 2 fully saturated rings. The average Bonchev–Trinajstić information content (AvgIpc) is 2.73. The Morgan fingerprint density at radius 2 is 1.94 bits per heavy atom. The Bertz CT molecular complexity index is 227. The Balaban J connectivity index is 1.68. The van der Waals surface area contributed by atoms with Gasteiger partial charge in [-0.1, -0.05) is 13.8 Å². The maximum Gasteiger partial charge on any atom is 0.0111 e. The molecule has 2 nitrogen and oxygen atoms in total. The molecule has 3 unspecified atom stereocenters. The van der Waals surface area contributed by atoms with Crippen LogP contribution < -0.4 is 5.32 Å². The van der Waals surface area contributed by atoms with E-state index in [4.69, 9.17) is 0 Å². The summed E-state index contributed by atoms with van der Waals surface area (Å²) in [5.74, 6) is 0.843. The predicted octanol–water partition coefficient (Wildman–Crippen LogP) is 3.03. The van der Waals surface area contributed by atoms with Crippen molar-refractivity contribution < 1.29 is 0 Å². The number of hydrogen-bond acceptors (Lipinski definition) is 2. The Hall–Kier alpha value is -0.0800. The second-order valence-corrected chi connectivity index (χ2v) is 6.59. The van der Waals surface area contributed by atoms with Crippen LogP contribution in [0.25, 0.3) is 0 Å². The maximum absolute atomic E-state index is 3.86. The molecule has 0 amide bonds. The van der Waals surface area contributed by atoms with Gasteiger partial charge < -0.3 is 10.2 Å². The van der Waals surface area contributed by atoms with Crippen LogP contribution in [0.5, 0.6) is 0 Å². The molecular weight excluding hydrogens is 208 g/mol. The van der Waals surface area contributed by atoms with Crippen molar-refractivity contribution in [2.24, 2.45) is 5.92 Å². The minimum Gasteiger partial charge on any atom is -0.311 e. The van der Waals surface area contributed by atoms with E-state index in [9.17, 15) is 0 Å². The molecule has 2 heterocycles. The van der Waals surface area contributed by atoms with Crippen LogP contribution in [0.2, 0.25) is 0 Å². The smallest absolute Gasteiger partial charge is 0.0111 e. The topological polar surface area (TPSA) is 15.3 Å².